The van der Waals surface area contributed by atoms with Gasteiger partial charge in [0.05, 0.1) is 12.7 Å². The molecule has 0 spiro atoms. The molecule has 88 valence electrons. The minimum Gasteiger partial charge on any atom is -0.343 e. The first-order valence-corrected chi connectivity index (χ1v) is 5.65. The average molecular weight is 221 g/mol. The Labute approximate surface area is 96.5 Å². The predicted octanol–water partition coefficient (Wildman–Crippen LogP) is 1.85. The zero-order chi connectivity index (χ0) is 11.8. The van der Waals surface area contributed by atoms with Crippen LogP contribution in [0.3, 0.4) is 0 Å². The summed E-state index contributed by atoms with van der Waals surface area (Å²) in [6.45, 7) is 7.18. The van der Waals surface area contributed by atoms with E-state index in [1.54, 1.807) is 0 Å². The Balaban J connectivity index is 2.33. The summed E-state index contributed by atoms with van der Waals surface area (Å²) in [7, 11) is 0. The Morgan fingerprint density at radius 2 is 2.19 bits per heavy atom. The molecule has 16 heavy (non-hydrogen) atoms. The maximum atomic E-state index is 5.87. The van der Waals surface area contributed by atoms with Crippen molar-refractivity contribution in [2.75, 3.05) is 13.2 Å². The van der Waals surface area contributed by atoms with Gasteiger partial charge >= 0.3 is 0 Å². The number of nitrogens with two attached hydrogens (primary N) is 1. The maximum absolute atomic E-state index is 5.87. The summed E-state index contributed by atoms with van der Waals surface area (Å²) in [5.74, 6) is -0.639. The zero-order valence-corrected chi connectivity index (χ0v) is 10.1. The highest BCUT2D eigenvalue weighted by atomic mass is 16.7. The van der Waals surface area contributed by atoms with Crippen molar-refractivity contribution in [3.63, 3.8) is 0 Å². The molecule has 1 aromatic rings. The van der Waals surface area contributed by atoms with E-state index >= 15 is 0 Å². The van der Waals surface area contributed by atoms with Gasteiger partial charge in [-0.2, -0.15) is 0 Å². The lowest BCUT2D eigenvalue weighted by Crippen LogP contribution is -2.28. The van der Waals surface area contributed by atoms with Crippen molar-refractivity contribution < 1.29 is 9.47 Å². The van der Waals surface area contributed by atoms with Crippen molar-refractivity contribution in [1.29, 1.82) is 0 Å². The summed E-state index contributed by atoms with van der Waals surface area (Å²) in [5.41, 5.74) is 9.10. The Kier molecular flexibility index (Phi) is 3.02. The number of aryl methyl sites for hydroxylation is 2. The van der Waals surface area contributed by atoms with Crippen LogP contribution >= 0.6 is 0 Å². The second kappa shape index (κ2) is 4.17. The molecule has 2 unspecified atom stereocenters. The molecule has 0 aliphatic carbocycles. The summed E-state index contributed by atoms with van der Waals surface area (Å²) in [6, 6.07) is 6.31. The molecule has 1 heterocycles. The van der Waals surface area contributed by atoms with Gasteiger partial charge in [0, 0.05) is 12.1 Å². The van der Waals surface area contributed by atoms with Gasteiger partial charge < -0.3 is 15.2 Å². The zero-order valence-electron chi connectivity index (χ0n) is 10.1. The molecule has 0 aromatic heterocycles. The second-order valence-electron chi connectivity index (χ2n) is 4.55. The highest BCUT2D eigenvalue weighted by Crippen LogP contribution is 2.35. The Morgan fingerprint density at radius 1 is 1.44 bits per heavy atom. The smallest absolute Gasteiger partial charge is 0.192 e. The fraction of sp³-hybridized carbons (Fsp3) is 0.538. The molecule has 1 aliphatic heterocycles. The predicted molar refractivity (Wildman–Crippen MR) is 63.1 cm³/mol. The highest BCUT2D eigenvalue weighted by molar-refractivity contribution is 5.34. The summed E-state index contributed by atoms with van der Waals surface area (Å²) in [4.78, 5) is 0. The van der Waals surface area contributed by atoms with E-state index in [0.717, 1.165) is 5.56 Å². The van der Waals surface area contributed by atoms with Crippen LogP contribution in [0.5, 0.6) is 0 Å². The van der Waals surface area contributed by atoms with Gasteiger partial charge in [-0.05, 0) is 26.3 Å². The lowest BCUT2D eigenvalue weighted by molar-refractivity contribution is -0.161. The second-order valence-corrected chi connectivity index (χ2v) is 4.55. The largest absolute Gasteiger partial charge is 0.343 e. The van der Waals surface area contributed by atoms with Gasteiger partial charge in [0.2, 0.25) is 0 Å². The van der Waals surface area contributed by atoms with E-state index < -0.39 is 5.79 Å². The summed E-state index contributed by atoms with van der Waals surface area (Å²) in [6.07, 6.45) is 0.00455. The van der Waals surface area contributed by atoms with Crippen LogP contribution in [0.4, 0.5) is 0 Å². The van der Waals surface area contributed by atoms with Gasteiger partial charge in [0.25, 0.3) is 0 Å². The average Bonchev–Trinajstić information content (AvgIpc) is 2.65. The van der Waals surface area contributed by atoms with Crippen LogP contribution in [0, 0.1) is 13.8 Å². The SMILES string of the molecule is Cc1ccc(C)c(C2(C)OCC(CN)O2)c1. The molecule has 2 rings (SSSR count). The van der Waals surface area contributed by atoms with Crippen LogP contribution in [-0.4, -0.2) is 19.3 Å². The molecule has 1 aliphatic rings. The van der Waals surface area contributed by atoms with Gasteiger partial charge in [-0.25, -0.2) is 0 Å². The molecule has 3 heteroatoms. The molecular weight excluding hydrogens is 202 g/mol. The third kappa shape index (κ3) is 1.98. The first-order chi connectivity index (χ1) is 7.55. The van der Waals surface area contributed by atoms with Crippen molar-refractivity contribution in [2.45, 2.75) is 32.7 Å². The first kappa shape index (κ1) is 11.6. The van der Waals surface area contributed by atoms with Crippen molar-refractivity contribution in [3.8, 4) is 0 Å². The van der Waals surface area contributed by atoms with E-state index in [2.05, 4.69) is 32.0 Å². The number of ether oxygens (including phenoxy) is 2. The number of rotatable bonds is 2. The molecular formula is C13H19NO2. The minimum absolute atomic E-state index is 0.00455. The molecule has 2 atom stereocenters. The van der Waals surface area contributed by atoms with Crippen LogP contribution in [0.2, 0.25) is 0 Å². The Morgan fingerprint density at radius 3 is 2.81 bits per heavy atom. The van der Waals surface area contributed by atoms with E-state index in [1.807, 2.05) is 6.92 Å². The summed E-state index contributed by atoms with van der Waals surface area (Å²) >= 11 is 0. The Bertz CT molecular complexity index is 392. The topological polar surface area (TPSA) is 44.5 Å². The van der Waals surface area contributed by atoms with E-state index in [1.165, 1.54) is 11.1 Å². The van der Waals surface area contributed by atoms with Gasteiger partial charge in [0.15, 0.2) is 5.79 Å². The van der Waals surface area contributed by atoms with Crippen molar-refractivity contribution in [2.24, 2.45) is 5.73 Å². The first-order valence-electron chi connectivity index (χ1n) is 5.65. The quantitative estimate of drug-likeness (QED) is 0.829. The minimum atomic E-state index is -0.639. The van der Waals surface area contributed by atoms with Crippen molar-refractivity contribution in [1.82, 2.24) is 0 Å². The molecule has 1 aromatic carbocycles. The van der Waals surface area contributed by atoms with Crippen LogP contribution in [0.1, 0.15) is 23.6 Å². The van der Waals surface area contributed by atoms with Gasteiger partial charge in [-0.3, -0.25) is 0 Å². The van der Waals surface area contributed by atoms with E-state index in [9.17, 15) is 0 Å². The monoisotopic (exact) mass is 221 g/mol. The fourth-order valence-corrected chi connectivity index (χ4v) is 2.12. The molecule has 1 saturated heterocycles. The third-order valence-electron chi connectivity index (χ3n) is 3.08. The molecule has 1 fully saturated rings. The molecule has 0 radical (unpaired) electrons. The third-order valence-corrected chi connectivity index (χ3v) is 3.08. The number of hydrogen-bond acceptors (Lipinski definition) is 3. The van der Waals surface area contributed by atoms with Crippen LogP contribution < -0.4 is 5.73 Å². The normalized spacial score (nSPS) is 29.6. The van der Waals surface area contributed by atoms with E-state index in [4.69, 9.17) is 15.2 Å². The molecule has 0 bridgehead atoms. The van der Waals surface area contributed by atoms with Gasteiger partial charge in [-0.15, -0.1) is 0 Å². The van der Waals surface area contributed by atoms with Gasteiger partial charge in [-0.1, -0.05) is 23.8 Å². The maximum Gasteiger partial charge on any atom is 0.192 e. The van der Waals surface area contributed by atoms with Crippen LogP contribution in [0.15, 0.2) is 18.2 Å². The van der Waals surface area contributed by atoms with E-state index in [0.29, 0.717) is 13.2 Å². The highest BCUT2D eigenvalue weighted by Gasteiger charge is 2.39. The standard InChI is InChI=1S/C13H19NO2/c1-9-4-5-10(2)12(6-9)13(3)15-8-11(7-14)16-13/h4-6,11H,7-8,14H2,1-3H3. The van der Waals surface area contributed by atoms with Crippen LogP contribution in [-0.2, 0) is 15.3 Å². The molecule has 3 nitrogen and oxygen atoms in total. The lowest BCUT2D eigenvalue weighted by Gasteiger charge is -2.25. The van der Waals surface area contributed by atoms with Crippen molar-refractivity contribution in [3.05, 3.63) is 34.9 Å². The van der Waals surface area contributed by atoms with Crippen molar-refractivity contribution >= 4 is 0 Å². The van der Waals surface area contributed by atoms with Gasteiger partial charge in [0.1, 0.15) is 0 Å². The number of hydrogen-bond donors (Lipinski definition) is 1. The van der Waals surface area contributed by atoms with E-state index in [-0.39, 0.29) is 6.10 Å². The van der Waals surface area contributed by atoms with Crippen LogP contribution in [0.25, 0.3) is 0 Å². The number of benzene rings is 1. The molecule has 0 saturated carbocycles. The Hall–Kier alpha value is -0.900. The summed E-state index contributed by atoms with van der Waals surface area (Å²) in [5, 5.41) is 0. The lowest BCUT2D eigenvalue weighted by atomic mass is 9.99. The molecule has 0 amide bonds. The fourth-order valence-electron chi connectivity index (χ4n) is 2.12. The molecule has 2 N–H and O–H groups in total. The summed E-state index contributed by atoms with van der Waals surface area (Å²) < 4.78 is 11.6.